The van der Waals surface area contributed by atoms with E-state index in [4.69, 9.17) is 4.74 Å². The number of nitrogens with zero attached hydrogens (tertiary/aromatic N) is 3. The minimum absolute atomic E-state index is 0.0867. The van der Waals surface area contributed by atoms with Crippen LogP contribution in [0.2, 0.25) is 0 Å². The number of thiazole rings is 1. The lowest BCUT2D eigenvalue weighted by molar-refractivity contribution is 0.0638. The van der Waals surface area contributed by atoms with Crippen molar-refractivity contribution in [2.75, 3.05) is 39.8 Å². The number of aromatic nitrogens is 1. The highest BCUT2D eigenvalue weighted by molar-refractivity contribution is 7.09. The van der Waals surface area contributed by atoms with Crippen molar-refractivity contribution >= 4 is 17.2 Å². The van der Waals surface area contributed by atoms with Crippen molar-refractivity contribution in [1.29, 1.82) is 0 Å². The largest absolute Gasteiger partial charge is 0.497 e. The summed E-state index contributed by atoms with van der Waals surface area (Å²) in [6.07, 6.45) is 0.980. The van der Waals surface area contributed by atoms with Gasteiger partial charge in [-0.25, -0.2) is 4.98 Å². The Morgan fingerprint density at radius 2 is 2.08 bits per heavy atom. The minimum atomic E-state index is 0.0867. The standard InChI is InChI=1S/C18H23N3O2S/c1-14-19-16(13-24-14)6-7-20-8-10-21(11-9-20)18(22)15-4-3-5-17(12-15)23-2/h3-5,12-13H,6-11H2,1-2H3. The van der Waals surface area contributed by atoms with Crippen LogP contribution in [0.25, 0.3) is 0 Å². The highest BCUT2D eigenvalue weighted by atomic mass is 32.1. The van der Waals surface area contributed by atoms with E-state index in [1.54, 1.807) is 24.5 Å². The molecule has 0 aliphatic carbocycles. The van der Waals surface area contributed by atoms with Crippen LogP contribution in [0.1, 0.15) is 21.1 Å². The summed E-state index contributed by atoms with van der Waals surface area (Å²) < 4.78 is 5.20. The fraction of sp³-hybridized carbons (Fsp3) is 0.444. The van der Waals surface area contributed by atoms with Gasteiger partial charge in [-0.15, -0.1) is 11.3 Å². The summed E-state index contributed by atoms with van der Waals surface area (Å²) in [7, 11) is 1.62. The van der Waals surface area contributed by atoms with Crippen molar-refractivity contribution in [1.82, 2.24) is 14.8 Å². The Kier molecular flexibility index (Phi) is 5.48. The molecule has 1 aliphatic rings. The number of rotatable bonds is 5. The topological polar surface area (TPSA) is 45.7 Å². The summed E-state index contributed by atoms with van der Waals surface area (Å²) in [6, 6.07) is 7.37. The highest BCUT2D eigenvalue weighted by Crippen LogP contribution is 2.16. The Morgan fingerprint density at radius 1 is 1.29 bits per heavy atom. The van der Waals surface area contributed by atoms with Crippen molar-refractivity contribution in [3.8, 4) is 5.75 Å². The number of aryl methyl sites for hydroxylation is 1. The molecule has 24 heavy (non-hydrogen) atoms. The average molecular weight is 345 g/mol. The number of methoxy groups -OCH3 is 1. The van der Waals surface area contributed by atoms with E-state index in [2.05, 4.69) is 15.3 Å². The molecule has 1 aromatic heterocycles. The number of amides is 1. The van der Waals surface area contributed by atoms with Gasteiger partial charge in [-0.05, 0) is 25.1 Å². The maximum Gasteiger partial charge on any atom is 0.254 e. The third kappa shape index (κ3) is 4.13. The molecule has 0 saturated carbocycles. The molecule has 1 fully saturated rings. The molecule has 0 N–H and O–H groups in total. The molecular formula is C18H23N3O2S. The van der Waals surface area contributed by atoms with Crippen LogP contribution in [-0.4, -0.2) is 60.5 Å². The van der Waals surface area contributed by atoms with Crippen LogP contribution >= 0.6 is 11.3 Å². The summed E-state index contributed by atoms with van der Waals surface area (Å²) in [5.74, 6) is 0.807. The molecule has 3 rings (SSSR count). The van der Waals surface area contributed by atoms with Crippen LogP contribution < -0.4 is 4.74 Å². The molecule has 1 aliphatic heterocycles. The molecule has 0 bridgehead atoms. The number of hydrogen-bond acceptors (Lipinski definition) is 5. The fourth-order valence-electron chi connectivity index (χ4n) is 2.91. The van der Waals surface area contributed by atoms with Crippen LogP contribution in [-0.2, 0) is 6.42 Å². The summed E-state index contributed by atoms with van der Waals surface area (Å²) >= 11 is 1.70. The normalized spacial score (nSPS) is 15.5. The number of piperazine rings is 1. The molecule has 128 valence electrons. The molecule has 0 atom stereocenters. The second-order valence-electron chi connectivity index (χ2n) is 5.97. The van der Waals surface area contributed by atoms with Crippen LogP contribution in [0.15, 0.2) is 29.6 Å². The first-order chi connectivity index (χ1) is 11.7. The van der Waals surface area contributed by atoms with Gasteiger partial charge in [0, 0.05) is 50.1 Å². The molecule has 1 aromatic carbocycles. The van der Waals surface area contributed by atoms with E-state index in [1.165, 1.54) is 5.69 Å². The summed E-state index contributed by atoms with van der Waals surface area (Å²) in [5.41, 5.74) is 1.87. The number of carbonyl (C=O) groups is 1. The summed E-state index contributed by atoms with van der Waals surface area (Å²) in [4.78, 5) is 21.4. The zero-order valence-electron chi connectivity index (χ0n) is 14.2. The average Bonchev–Trinajstić information content (AvgIpc) is 3.05. The van der Waals surface area contributed by atoms with Crippen molar-refractivity contribution in [3.05, 3.63) is 45.9 Å². The fourth-order valence-corrected chi connectivity index (χ4v) is 3.56. The van der Waals surface area contributed by atoms with Gasteiger partial charge in [0.15, 0.2) is 0 Å². The van der Waals surface area contributed by atoms with E-state index >= 15 is 0 Å². The molecule has 2 aromatic rings. The Bertz CT molecular complexity index is 693. The Morgan fingerprint density at radius 3 is 2.75 bits per heavy atom. The van der Waals surface area contributed by atoms with Gasteiger partial charge in [-0.3, -0.25) is 9.69 Å². The van der Waals surface area contributed by atoms with Crippen LogP contribution in [0.3, 0.4) is 0 Å². The predicted octanol–water partition coefficient (Wildman–Crippen LogP) is 2.46. The van der Waals surface area contributed by atoms with Gasteiger partial charge in [0.1, 0.15) is 5.75 Å². The smallest absolute Gasteiger partial charge is 0.254 e. The maximum absolute atomic E-state index is 12.6. The molecule has 0 radical (unpaired) electrons. The zero-order chi connectivity index (χ0) is 16.9. The minimum Gasteiger partial charge on any atom is -0.497 e. The van der Waals surface area contributed by atoms with E-state index in [0.717, 1.165) is 49.9 Å². The van der Waals surface area contributed by atoms with Crippen LogP contribution in [0, 0.1) is 6.92 Å². The molecule has 6 heteroatoms. The lowest BCUT2D eigenvalue weighted by atomic mass is 10.1. The zero-order valence-corrected chi connectivity index (χ0v) is 15.0. The van der Waals surface area contributed by atoms with E-state index in [0.29, 0.717) is 5.56 Å². The number of carbonyl (C=O) groups excluding carboxylic acids is 1. The van der Waals surface area contributed by atoms with Gasteiger partial charge in [0.05, 0.1) is 17.8 Å². The highest BCUT2D eigenvalue weighted by Gasteiger charge is 2.22. The maximum atomic E-state index is 12.6. The van der Waals surface area contributed by atoms with E-state index in [-0.39, 0.29) is 5.91 Å². The number of ether oxygens (including phenoxy) is 1. The number of benzene rings is 1. The van der Waals surface area contributed by atoms with Gasteiger partial charge in [0.2, 0.25) is 0 Å². The van der Waals surface area contributed by atoms with Crippen LogP contribution in [0.4, 0.5) is 0 Å². The molecule has 1 saturated heterocycles. The quantitative estimate of drug-likeness (QED) is 0.835. The van der Waals surface area contributed by atoms with Gasteiger partial charge in [-0.1, -0.05) is 6.07 Å². The molecular weight excluding hydrogens is 322 g/mol. The Hall–Kier alpha value is -1.92. The summed E-state index contributed by atoms with van der Waals surface area (Å²) in [6.45, 7) is 6.41. The first-order valence-electron chi connectivity index (χ1n) is 8.22. The molecule has 0 unspecified atom stereocenters. The molecule has 1 amide bonds. The predicted molar refractivity (Wildman–Crippen MR) is 95.9 cm³/mol. The second-order valence-corrected chi connectivity index (χ2v) is 7.04. The van der Waals surface area contributed by atoms with Crippen molar-refractivity contribution < 1.29 is 9.53 Å². The summed E-state index contributed by atoms with van der Waals surface area (Å²) in [5, 5.41) is 3.26. The van der Waals surface area contributed by atoms with Gasteiger partial charge < -0.3 is 9.64 Å². The van der Waals surface area contributed by atoms with Gasteiger partial charge >= 0.3 is 0 Å². The molecule has 5 nitrogen and oxygen atoms in total. The van der Waals surface area contributed by atoms with E-state index in [1.807, 2.05) is 30.0 Å². The first kappa shape index (κ1) is 16.9. The molecule has 2 heterocycles. The first-order valence-corrected chi connectivity index (χ1v) is 9.10. The third-order valence-corrected chi connectivity index (χ3v) is 5.15. The Balaban J connectivity index is 1.50. The number of hydrogen-bond donors (Lipinski definition) is 0. The Labute approximate surface area is 146 Å². The van der Waals surface area contributed by atoms with Gasteiger partial charge in [0.25, 0.3) is 5.91 Å². The second kappa shape index (κ2) is 7.77. The lowest BCUT2D eigenvalue weighted by Crippen LogP contribution is -2.49. The van der Waals surface area contributed by atoms with E-state index in [9.17, 15) is 4.79 Å². The van der Waals surface area contributed by atoms with Crippen molar-refractivity contribution in [2.45, 2.75) is 13.3 Å². The lowest BCUT2D eigenvalue weighted by Gasteiger charge is -2.34. The molecule has 0 spiro atoms. The van der Waals surface area contributed by atoms with Gasteiger partial charge in [-0.2, -0.15) is 0 Å². The SMILES string of the molecule is COc1cccc(C(=O)N2CCN(CCc3csc(C)n3)CC2)c1. The van der Waals surface area contributed by atoms with E-state index < -0.39 is 0 Å². The van der Waals surface area contributed by atoms with Crippen molar-refractivity contribution in [2.24, 2.45) is 0 Å². The monoisotopic (exact) mass is 345 g/mol. The van der Waals surface area contributed by atoms with Crippen LogP contribution in [0.5, 0.6) is 5.75 Å². The van der Waals surface area contributed by atoms with Crippen molar-refractivity contribution in [3.63, 3.8) is 0 Å². The third-order valence-electron chi connectivity index (χ3n) is 4.33.